The van der Waals surface area contributed by atoms with Crippen molar-refractivity contribution in [2.75, 3.05) is 7.11 Å². The summed E-state index contributed by atoms with van der Waals surface area (Å²) in [5.74, 6) is 0.233. The van der Waals surface area contributed by atoms with Gasteiger partial charge in [-0.05, 0) is 35.7 Å². The van der Waals surface area contributed by atoms with Crippen molar-refractivity contribution in [2.24, 2.45) is 0 Å². The number of halogens is 2. The second kappa shape index (κ2) is 6.54. The highest BCUT2D eigenvalue weighted by Crippen LogP contribution is 2.25. The maximum atomic E-state index is 13.8. The standard InChI is InChI=1S/C15H14ClFN2O2/c1-9(2)11-5-4-10(6-12(11)17)8-21-14-13(20-3)7-18-15(16)19-14/h4-7H,1,8H2,2-3H3. The third-order valence-corrected chi connectivity index (χ3v) is 2.96. The van der Waals surface area contributed by atoms with E-state index in [4.69, 9.17) is 21.1 Å². The summed E-state index contributed by atoms with van der Waals surface area (Å²) in [4.78, 5) is 7.72. The smallest absolute Gasteiger partial charge is 0.261 e. The van der Waals surface area contributed by atoms with E-state index < -0.39 is 0 Å². The molecule has 1 heterocycles. The van der Waals surface area contributed by atoms with Crippen molar-refractivity contribution in [3.8, 4) is 11.6 Å². The Hall–Kier alpha value is -2.14. The molecule has 0 bridgehead atoms. The van der Waals surface area contributed by atoms with Gasteiger partial charge in [-0.1, -0.05) is 18.7 Å². The number of rotatable bonds is 5. The summed E-state index contributed by atoms with van der Waals surface area (Å²) < 4.78 is 24.4. The predicted molar refractivity (Wildman–Crippen MR) is 79.0 cm³/mol. The van der Waals surface area contributed by atoms with Crippen LogP contribution in [0.5, 0.6) is 11.6 Å². The minimum atomic E-state index is -0.337. The van der Waals surface area contributed by atoms with Crippen molar-refractivity contribution >= 4 is 17.2 Å². The number of allylic oxidation sites excluding steroid dienone is 1. The zero-order chi connectivity index (χ0) is 15.4. The van der Waals surface area contributed by atoms with E-state index in [9.17, 15) is 4.39 Å². The summed E-state index contributed by atoms with van der Waals surface area (Å²) in [6.45, 7) is 5.61. The van der Waals surface area contributed by atoms with Gasteiger partial charge in [-0.2, -0.15) is 4.98 Å². The zero-order valence-corrected chi connectivity index (χ0v) is 12.4. The van der Waals surface area contributed by atoms with E-state index in [-0.39, 0.29) is 23.6 Å². The fourth-order valence-electron chi connectivity index (χ4n) is 1.72. The summed E-state index contributed by atoms with van der Waals surface area (Å²) in [6.07, 6.45) is 1.41. The van der Waals surface area contributed by atoms with Crippen LogP contribution in [0.2, 0.25) is 5.28 Å². The van der Waals surface area contributed by atoms with Crippen molar-refractivity contribution < 1.29 is 13.9 Å². The van der Waals surface area contributed by atoms with Crippen LogP contribution in [0, 0.1) is 5.82 Å². The van der Waals surface area contributed by atoms with Gasteiger partial charge in [-0.3, -0.25) is 0 Å². The van der Waals surface area contributed by atoms with Gasteiger partial charge >= 0.3 is 0 Å². The molecule has 0 aliphatic heterocycles. The lowest BCUT2D eigenvalue weighted by Gasteiger charge is -2.10. The highest BCUT2D eigenvalue weighted by molar-refractivity contribution is 6.28. The molecule has 2 aromatic rings. The molecule has 0 saturated carbocycles. The van der Waals surface area contributed by atoms with Gasteiger partial charge in [0.15, 0.2) is 5.75 Å². The molecular weight excluding hydrogens is 295 g/mol. The van der Waals surface area contributed by atoms with Gasteiger partial charge in [0, 0.05) is 5.56 Å². The van der Waals surface area contributed by atoms with Crippen LogP contribution in [0.4, 0.5) is 4.39 Å². The lowest BCUT2D eigenvalue weighted by molar-refractivity contribution is 0.271. The molecule has 0 unspecified atom stereocenters. The van der Waals surface area contributed by atoms with Crippen molar-refractivity contribution in [2.45, 2.75) is 13.5 Å². The van der Waals surface area contributed by atoms with Crippen molar-refractivity contribution in [3.63, 3.8) is 0 Å². The van der Waals surface area contributed by atoms with E-state index in [2.05, 4.69) is 16.5 Å². The lowest BCUT2D eigenvalue weighted by atomic mass is 10.1. The fourth-order valence-corrected chi connectivity index (χ4v) is 1.85. The molecule has 2 rings (SSSR count). The van der Waals surface area contributed by atoms with Crippen LogP contribution in [-0.2, 0) is 6.61 Å². The molecule has 6 heteroatoms. The fraction of sp³-hybridized carbons (Fsp3) is 0.200. The molecular formula is C15H14ClFN2O2. The Kier molecular flexibility index (Phi) is 4.75. The van der Waals surface area contributed by atoms with Crippen LogP contribution in [0.25, 0.3) is 5.57 Å². The van der Waals surface area contributed by atoms with E-state index >= 15 is 0 Å². The molecule has 0 fully saturated rings. The van der Waals surface area contributed by atoms with Crippen molar-refractivity contribution in [1.29, 1.82) is 0 Å². The quantitative estimate of drug-likeness (QED) is 0.786. The van der Waals surface area contributed by atoms with Gasteiger partial charge in [0.05, 0.1) is 13.3 Å². The van der Waals surface area contributed by atoms with Crippen LogP contribution in [-0.4, -0.2) is 17.1 Å². The minimum absolute atomic E-state index is 0.0506. The Balaban J connectivity index is 2.15. The zero-order valence-electron chi connectivity index (χ0n) is 11.7. The maximum absolute atomic E-state index is 13.8. The Labute approximate surface area is 127 Å². The number of methoxy groups -OCH3 is 1. The SMILES string of the molecule is C=C(C)c1ccc(COc2nc(Cl)ncc2OC)cc1F. The van der Waals surface area contributed by atoms with Crippen LogP contribution >= 0.6 is 11.6 Å². The maximum Gasteiger partial charge on any atom is 0.261 e. The Morgan fingerprint density at radius 3 is 2.81 bits per heavy atom. The summed E-state index contributed by atoms with van der Waals surface area (Å²) in [6, 6.07) is 4.84. The second-order valence-electron chi connectivity index (χ2n) is 4.40. The van der Waals surface area contributed by atoms with Crippen LogP contribution in [0.1, 0.15) is 18.1 Å². The lowest BCUT2D eigenvalue weighted by Crippen LogP contribution is -2.01. The van der Waals surface area contributed by atoms with E-state index in [0.717, 1.165) is 0 Å². The topological polar surface area (TPSA) is 44.2 Å². The monoisotopic (exact) mass is 308 g/mol. The molecule has 0 spiro atoms. The average Bonchev–Trinajstić information content (AvgIpc) is 2.45. The van der Waals surface area contributed by atoms with E-state index in [1.165, 1.54) is 19.4 Å². The van der Waals surface area contributed by atoms with E-state index in [1.807, 2.05) is 0 Å². The summed E-state index contributed by atoms with van der Waals surface area (Å²) >= 11 is 5.71. The van der Waals surface area contributed by atoms with Crippen LogP contribution in [0.3, 0.4) is 0 Å². The molecule has 21 heavy (non-hydrogen) atoms. The molecule has 0 N–H and O–H groups in total. The van der Waals surface area contributed by atoms with Gasteiger partial charge in [0.2, 0.25) is 5.28 Å². The second-order valence-corrected chi connectivity index (χ2v) is 4.73. The average molecular weight is 309 g/mol. The summed E-state index contributed by atoms with van der Waals surface area (Å²) in [5, 5.41) is 0.0506. The minimum Gasteiger partial charge on any atom is -0.490 e. The number of aromatic nitrogens is 2. The first-order valence-electron chi connectivity index (χ1n) is 6.15. The molecule has 4 nitrogen and oxygen atoms in total. The first-order chi connectivity index (χ1) is 10.0. The van der Waals surface area contributed by atoms with Crippen LogP contribution < -0.4 is 9.47 Å². The van der Waals surface area contributed by atoms with Gasteiger partial charge < -0.3 is 9.47 Å². The molecule has 1 aromatic heterocycles. The molecule has 110 valence electrons. The van der Waals surface area contributed by atoms with Gasteiger partial charge in [-0.15, -0.1) is 0 Å². The molecule has 1 aromatic carbocycles. The highest BCUT2D eigenvalue weighted by atomic mass is 35.5. The molecule has 0 aliphatic carbocycles. The first kappa shape index (κ1) is 15.3. The molecule has 0 radical (unpaired) electrons. The third-order valence-electron chi connectivity index (χ3n) is 2.78. The van der Waals surface area contributed by atoms with E-state index in [1.54, 1.807) is 19.1 Å². The number of benzene rings is 1. The number of ether oxygens (including phenoxy) is 2. The van der Waals surface area contributed by atoms with Gasteiger partial charge in [0.1, 0.15) is 12.4 Å². The summed E-state index contributed by atoms with van der Waals surface area (Å²) in [7, 11) is 1.47. The highest BCUT2D eigenvalue weighted by Gasteiger charge is 2.10. The first-order valence-corrected chi connectivity index (χ1v) is 6.52. The Morgan fingerprint density at radius 1 is 1.43 bits per heavy atom. The number of hydrogen-bond acceptors (Lipinski definition) is 4. The van der Waals surface area contributed by atoms with Crippen molar-refractivity contribution in [3.05, 3.63) is 53.2 Å². The normalized spacial score (nSPS) is 10.3. The largest absolute Gasteiger partial charge is 0.490 e. The Bertz CT molecular complexity index is 677. The van der Waals surface area contributed by atoms with Crippen molar-refractivity contribution in [1.82, 2.24) is 9.97 Å². The molecule has 0 atom stereocenters. The molecule has 0 amide bonds. The van der Waals surface area contributed by atoms with Gasteiger partial charge in [-0.25, -0.2) is 9.37 Å². The van der Waals surface area contributed by atoms with Crippen LogP contribution in [0.15, 0.2) is 31.0 Å². The molecule has 0 aliphatic rings. The number of nitrogens with zero attached hydrogens (tertiary/aromatic N) is 2. The van der Waals surface area contributed by atoms with Gasteiger partial charge in [0.25, 0.3) is 5.88 Å². The van der Waals surface area contributed by atoms with E-state index in [0.29, 0.717) is 22.4 Å². The molecule has 0 saturated heterocycles. The summed E-state index contributed by atoms with van der Waals surface area (Å²) in [5.41, 5.74) is 1.82. The predicted octanol–water partition coefficient (Wildman–Crippen LogP) is 3.89. The Morgan fingerprint density at radius 2 is 2.19 bits per heavy atom. The third kappa shape index (κ3) is 3.70. The number of hydrogen-bond donors (Lipinski definition) is 0.